The first-order chi connectivity index (χ1) is 20.7. The Kier molecular flexibility index (Phi) is 15.2. The van der Waals surface area contributed by atoms with Crippen LogP contribution in [0.5, 0.6) is 0 Å². The fourth-order valence-electron chi connectivity index (χ4n) is 5.78. The van der Waals surface area contributed by atoms with Crippen molar-refractivity contribution in [3.05, 3.63) is 47.5 Å². The van der Waals surface area contributed by atoms with Gasteiger partial charge >= 0.3 is 5.97 Å². The zero-order valence-electron chi connectivity index (χ0n) is 29.9. The number of carbonyl (C=O) groups is 1. The topological polar surface area (TPSA) is 44.8 Å². The van der Waals surface area contributed by atoms with E-state index in [9.17, 15) is 13.6 Å². The average Bonchev–Trinajstić information content (AvgIpc) is 3.17. The Bertz CT molecular complexity index is 1090. The Balaban J connectivity index is 2.41. The minimum Gasteiger partial charge on any atom is -0.462 e. The number of allylic oxidation sites excluding steroid dienone is 2. The van der Waals surface area contributed by atoms with E-state index in [1.165, 1.54) is 19.1 Å². The largest absolute Gasteiger partial charge is 0.462 e. The van der Waals surface area contributed by atoms with Crippen LogP contribution >= 0.6 is 15.9 Å². The van der Waals surface area contributed by atoms with Crippen molar-refractivity contribution < 1.29 is 27.2 Å². The number of halogens is 3. The van der Waals surface area contributed by atoms with Gasteiger partial charge in [0.15, 0.2) is 16.6 Å². The Labute approximate surface area is 283 Å². The highest BCUT2D eigenvalue weighted by molar-refractivity contribution is 9.09. The van der Waals surface area contributed by atoms with Gasteiger partial charge in [0.2, 0.25) is 0 Å². The summed E-state index contributed by atoms with van der Waals surface area (Å²) >= 11 is 3.52. The normalized spacial score (nSPS) is 22.3. The molecule has 0 spiro atoms. The smallest absolute Gasteiger partial charge is 0.302 e. The molecule has 0 amide bonds. The fourth-order valence-corrected chi connectivity index (χ4v) is 8.91. The van der Waals surface area contributed by atoms with Crippen LogP contribution < -0.4 is 0 Å². The summed E-state index contributed by atoms with van der Waals surface area (Å²) in [6.07, 6.45) is 10.8. The summed E-state index contributed by atoms with van der Waals surface area (Å²) in [4.78, 5) is 12.3. The van der Waals surface area contributed by atoms with E-state index in [4.69, 9.17) is 13.6 Å². The highest BCUT2D eigenvalue weighted by atomic mass is 79.9. The lowest BCUT2D eigenvalue weighted by Gasteiger charge is -2.41. The number of ether oxygens (including phenoxy) is 1. The number of carbonyl (C=O) groups excluding carboxylic acids is 1. The molecule has 1 aromatic carbocycles. The number of unbranched alkanes of at least 4 members (excludes halogenated alkanes) is 1. The zero-order valence-corrected chi connectivity index (χ0v) is 33.5. The van der Waals surface area contributed by atoms with E-state index in [1.54, 1.807) is 0 Å². The molecule has 0 bridgehead atoms. The lowest BCUT2D eigenvalue weighted by Crippen LogP contribution is -2.45. The first-order valence-corrected chi connectivity index (χ1v) is 23.8. The molecule has 0 saturated heterocycles. The van der Waals surface area contributed by atoms with Crippen LogP contribution in [0.3, 0.4) is 0 Å². The molecule has 1 unspecified atom stereocenters. The van der Waals surface area contributed by atoms with E-state index in [1.807, 2.05) is 0 Å². The average molecular weight is 732 g/mol. The minimum atomic E-state index is -2.13. The van der Waals surface area contributed by atoms with Crippen LogP contribution in [0.1, 0.15) is 99.0 Å². The summed E-state index contributed by atoms with van der Waals surface area (Å²) in [5.41, 5.74) is 0.651. The molecule has 1 aliphatic carbocycles. The number of alkyl halides is 1. The van der Waals surface area contributed by atoms with Gasteiger partial charge in [-0.25, -0.2) is 8.78 Å². The van der Waals surface area contributed by atoms with Crippen molar-refractivity contribution in [2.45, 2.75) is 154 Å². The molecule has 9 heteroatoms. The van der Waals surface area contributed by atoms with E-state index in [2.05, 4.69) is 95.8 Å². The zero-order chi connectivity index (χ0) is 34.2. The first-order valence-electron chi connectivity index (χ1n) is 16.9. The van der Waals surface area contributed by atoms with Gasteiger partial charge in [-0.1, -0.05) is 69.6 Å². The third-order valence-corrected chi connectivity index (χ3v) is 20.0. The van der Waals surface area contributed by atoms with Gasteiger partial charge in [-0.05, 0) is 105 Å². The first kappa shape index (κ1) is 40.3. The molecule has 0 N–H and O–H groups in total. The second-order valence-electron chi connectivity index (χ2n) is 16.1. The summed E-state index contributed by atoms with van der Waals surface area (Å²) in [6.45, 7) is 24.1. The maximum Gasteiger partial charge on any atom is 0.302 e. The van der Waals surface area contributed by atoms with Crippen LogP contribution in [-0.2, 0) is 24.8 Å². The van der Waals surface area contributed by atoms with Gasteiger partial charge in [0.25, 0.3) is 0 Å². The molecule has 2 rings (SSSR count). The Morgan fingerprint density at radius 2 is 1.53 bits per heavy atom. The number of rotatable bonds is 16. The number of aryl methyl sites for hydroxylation is 1. The molecule has 5 atom stereocenters. The molecule has 0 heterocycles. The van der Waals surface area contributed by atoms with Crippen LogP contribution in [0.4, 0.5) is 8.78 Å². The molecule has 1 aromatic rings. The van der Waals surface area contributed by atoms with E-state index in [0.29, 0.717) is 24.8 Å². The maximum atomic E-state index is 14.0. The number of benzene rings is 1. The van der Waals surface area contributed by atoms with Gasteiger partial charge in [0.05, 0.1) is 6.10 Å². The predicted molar refractivity (Wildman–Crippen MR) is 192 cm³/mol. The highest BCUT2D eigenvalue weighted by Gasteiger charge is 2.49. The third kappa shape index (κ3) is 12.6. The Morgan fingerprint density at radius 1 is 0.933 bits per heavy atom. The molecule has 258 valence electrons. The van der Waals surface area contributed by atoms with Crippen LogP contribution in [0, 0.1) is 23.5 Å². The standard InChI is InChI=1S/C36H61BrF2O4Si2/c1-26(40)41-33-25-34(43-45(10,11)36(5,6)7)32(31(33)16-14-12-13-15-21-37)20-19-30(42-44(8,9)35(2,3)4)18-17-27-22-28(38)24-29(39)23-27/h12,14,22-24,30-34H,13,15-21,25H2,1-11H3/t30-,31+,32?,33-,34+/m0/s1. The Hall–Kier alpha value is -0.876. The van der Waals surface area contributed by atoms with Gasteiger partial charge in [-0.2, -0.15) is 0 Å². The fraction of sp³-hybridized carbons (Fsp3) is 0.750. The van der Waals surface area contributed by atoms with Crippen molar-refractivity contribution in [2.75, 3.05) is 5.33 Å². The summed E-state index contributed by atoms with van der Waals surface area (Å²) in [5.74, 6) is -1.00. The van der Waals surface area contributed by atoms with E-state index in [-0.39, 0.29) is 46.2 Å². The van der Waals surface area contributed by atoms with Gasteiger partial charge < -0.3 is 13.6 Å². The van der Waals surface area contributed by atoms with Crippen LogP contribution in [0.15, 0.2) is 30.4 Å². The van der Waals surface area contributed by atoms with Crippen molar-refractivity contribution in [2.24, 2.45) is 11.8 Å². The summed E-state index contributed by atoms with van der Waals surface area (Å²) < 4.78 is 48.1. The molecule has 0 aromatic heterocycles. The van der Waals surface area contributed by atoms with Crippen molar-refractivity contribution >= 4 is 38.5 Å². The van der Waals surface area contributed by atoms with Crippen LogP contribution in [-0.4, -0.2) is 46.2 Å². The molecule has 1 fully saturated rings. The second kappa shape index (κ2) is 17.0. The Morgan fingerprint density at radius 3 is 2.07 bits per heavy atom. The van der Waals surface area contributed by atoms with Gasteiger partial charge in [0.1, 0.15) is 17.7 Å². The molecule has 0 radical (unpaired) electrons. The van der Waals surface area contributed by atoms with Crippen molar-refractivity contribution in [1.82, 2.24) is 0 Å². The number of hydrogen-bond donors (Lipinski definition) is 0. The molecular formula is C36H61BrF2O4Si2. The monoisotopic (exact) mass is 730 g/mol. The van der Waals surface area contributed by atoms with Gasteiger partial charge in [-0.3, -0.25) is 4.79 Å². The van der Waals surface area contributed by atoms with E-state index < -0.39 is 28.3 Å². The van der Waals surface area contributed by atoms with E-state index >= 15 is 0 Å². The van der Waals surface area contributed by atoms with Crippen LogP contribution in [0.2, 0.25) is 36.3 Å². The molecule has 1 aliphatic rings. The molecule has 4 nitrogen and oxygen atoms in total. The lowest BCUT2D eigenvalue weighted by molar-refractivity contribution is -0.148. The van der Waals surface area contributed by atoms with Crippen molar-refractivity contribution in [1.29, 1.82) is 0 Å². The quantitative estimate of drug-likeness (QED) is 0.0558. The summed E-state index contributed by atoms with van der Waals surface area (Å²) in [6, 6.07) is 3.77. The summed E-state index contributed by atoms with van der Waals surface area (Å²) in [5, 5.41) is 1.05. The number of esters is 1. The van der Waals surface area contributed by atoms with Crippen LogP contribution in [0.25, 0.3) is 0 Å². The van der Waals surface area contributed by atoms with Crippen molar-refractivity contribution in [3.8, 4) is 0 Å². The maximum absolute atomic E-state index is 14.0. The molecule has 0 aliphatic heterocycles. The molecule has 45 heavy (non-hydrogen) atoms. The summed E-state index contributed by atoms with van der Waals surface area (Å²) in [7, 11) is -4.24. The van der Waals surface area contributed by atoms with E-state index in [0.717, 1.165) is 43.5 Å². The highest BCUT2D eigenvalue weighted by Crippen LogP contribution is 2.47. The van der Waals surface area contributed by atoms with Gasteiger partial charge in [0, 0.05) is 36.8 Å². The van der Waals surface area contributed by atoms with Gasteiger partial charge in [-0.15, -0.1) is 0 Å². The third-order valence-electron chi connectivity index (χ3n) is 10.4. The SMILES string of the molecule is CC(=O)O[C@H]1C[C@@H](O[Si](C)(C)C(C)(C)C)C(CC[C@H](CCc2cc(F)cc(F)c2)O[Si](C)(C)C(C)(C)C)[C@H]1CC=CCCCBr. The second-order valence-corrected chi connectivity index (χ2v) is 26.4. The number of hydrogen-bond acceptors (Lipinski definition) is 4. The lowest BCUT2D eigenvalue weighted by atomic mass is 9.85. The van der Waals surface area contributed by atoms with Crippen molar-refractivity contribution in [3.63, 3.8) is 0 Å². The minimum absolute atomic E-state index is 0.0120. The molecular weight excluding hydrogens is 670 g/mol. The molecule has 1 saturated carbocycles. The predicted octanol–water partition coefficient (Wildman–Crippen LogP) is 11.1.